The van der Waals surface area contributed by atoms with E-state index in [1.807, 2.05) is 0 Å². The second-order valence-electron chi connectivity index (χ2n) is 4.93. The fraction of sp³-hybridized carbons (Fsp3) is 0.429. The van der Waals surface area contributed by atoms with Crippen molar-refractivity contribution in [3.63, 3.8) is 0 Å². The maximum Gasteiger partial charge on any atom is 0.305 e. The summed E-state index contributed by atoms with van der Waals surface area (Å²) in [5, 5.41) is 12.1. The molecule has 1 atom stereocenters. The van der Waals surface area contributed by atoms with Crippen molar-refractivity contribution in [3.05, 3.63) is 34.3 Å². The van der Waals surface area contributed by atoms with Crippen molar-refractivity contribution in [2.45, 2.75) is 25.8 Å². The average molecular weight is 300 g/mol. The molecule has 0 spiro atoms. The number of carbonyl (C=O) groups is 2. The van der Waals surface area contributed by atoms with Crippen molar-refractivity contribution in [2.24, 2.45) is 0 Å². The second kappa shape index (κ2) is 6.72. The lowest BCUT2D eigenvalue weighted by Gasteiger charge is -2.28. The lowest BCUT2D eigenvalue weighted by Crippen LogP contribution is -2.50. The minimum atomic E-state index is -1.01. The van der Waals surface area contributed by atoms with Crippen LogP contribution in [-0.2, 0) is 9.53 Å². The summed E-state index contributed by atoms with van der Waals surface area (Å²) in [6.07, 6.45) is -0.230. The predicted molar refractivity (Wildman–Crippen MR) is 76.2 cm³/mol. The van der Waals surface area contributed by atoms with Gasteiger partial charge in [0, 0.05) is 17.7 Å². The molecule has 1 rings (SSSR count). The third kappa shape index (κ3) is 4.21. The lowest BCUT2D eigenvalue weighted by atomic mass is 9.97. The van der Waals surface area contributed by atoms with Gasteiger partial charge in [-0.3, -0.25) is 9.59 Å². The summed E-state index contributed by atoms with van der Waals surface area (Å²) >= 11 is 5.98. The molecule has 20 heavy (non-hydrogen) atoms. The van der Waals surface area contributed by atoms with Crippen LogP contribution in [0.1, 0.15) is 29.3 Å². The minimum Gasteiger partial charge on any atom is -0.481 e. The molecule has 0 saturated carbocycles. The van der Waals surface area contributed by atoms with Crippen LogP contribution < -0.4 is 5.32 Å². The number of halogens is 1. The van der Waals surface area contributed by atoms with Gasteiger partial charge in [0.1, 0.15) is 0 Å². The monoisotopic (exact) mass is 299 g/mol. The van der Waals surface area contributed by atoms with Crippen LogP contribution in [0.5, 0.6) is 0 Å². The van der Waals surface area contributed by atoms with Crippen LogP contribution in [0.25, 0.3) is 0 Å². The molecule has 1 aromatic rings. The molecule has 1 amide bonds. The van der Waals surface area contributed by atoms with E-state index in [-0.39, 0.29) is 18.9 Å². The van der Waals surface area contributed by atoms with E-state index in [2.05, 4.69) is 5.32 Å². The Labute approximate surface area is 122 Å². The molecule has 0 radical (unpaired) electrons. The molecule has 1 unspecified atom stereocenters. The molecule has 0 heterocycles. The topological polar surface area (TPSA) is 75.6 Å². The van der Waals surface area contributed by atoms with Gasteiger partial charge in [-0.2, -0.15) is 0 Å². The maximum absolute atomic E-state index is 12.3. The summed E-state index contributed by atoms with van der Waals surface area (Å²) in [7, 11) is 1.46. The highest BCUT2D eigenvalue weighted by molar-refractivity contribution is 6.31. The molecule has 0 bridgehead atoms. The van der Waals surface area contributed by atoms with Crippen molar-refractivity contribution in [2.75, 3.05) is 13.7 Å². The van der Waals surface area contributed by atoms with Gasteiger partial charge >= 0.3 is 5.97 Å². The van der Waals surface area contributed by atoms with Crippen LogP contribution in [0.15, 0.2) is 18.2 Å². The summed E-state index contributed by atoms with van der Waals surface area (Å²) in [4.78, 5) is 23.2. The first-order valence-electron chi connectivity index (χ1n) is 6.07. The fourth-order valence-corrected chi connectivity index (χ4v) is 2.15. The van der Waals surface area contributed by atoms with Gasteiger partial charge in [0.25, 0.3) is 5.91 Å². The van der Waals surface area contributed by atoms with Gasteiger partial charge in [0.2, 0.25) is 0 Å². The normalized spacial score (nSPS) is 13.6. The van der Waals surface area contributed by atoms with E-state index >= 15 is 0 Å². The van der Waals surface area contributed by atoms with E-state index in [0.29, 0.717) is 16.1 Å². The second-order valence-corrected chi connectivity index (χ2v) is 5.34. The number of methoxy groups -OCH3 is 1. The van der Waals surface area contributed by atoms with E-state index in [0.717, 1.165) is 0 Å². The number of benzene rings is 1. The molecule has 0 aliphatic rings. The standard InChI is InChI=1S/C14H18ClNO4/c1-9-10(5-4-6-11(9)15)13(19)16-14(2,8-20-3)7-12(17)18/h4-6H,7-8H2,1-3H3,(H,16,19)(H,17,18). The number of carboxylic acid groups (broad SMARTS) is 1. The Bertz CT molecular complexity index is 518. The van der Waals surface area contributed by atoms with Crippen molar-refractivity contribution < 1.29 is 19.4 Å². The number of aliphatic carboxylic acids is 1. The zero-order valence-electron chi connectivity index (χ0n) is 11.7. The van der Waals surface area contributed by atoms with Crippen molar-refractivity contribution in [1.82, 2.24) is 5.32 Å². The van der Waals surface area contributed by atoms with Crippen LogP contribution in [-0.4, -0.2) is 36.2 Å². The summed E-state index contributed by atoms with van der Waals surface area (Å²) < 4.78 is 4.99. The Morgan fingerprint density at radius 2 is 2.10 bits per heavy atom. The van der Waals surface area contributed by atoms with E-state index in [4.69, 9.17) is 21.4 Å². The van der Waals surface area contributed by atoms with Crippen molar-refractivity contribution in [1.29, 1.82) is 0 Å². The molecular weight excluding hydrogens is 282 g/mol. The molecular formula is C14H18ClNO4. The Morgan fingerprint density at radius 3 is 2.65 bits per heavy atom. The number of nitrogens with one attached hydrogen (secondary N) is 1. The van der Waals surface area contributed by atoms with E-state index in [1.54, 1.807) is 32.0 Å². The van der Waals surface area contributed by atoms with Gasteiger partial charge in [0.15, 0.2) is 0 Å². The number of ether oxygens (including phenoxy) is 1. The third-order valence-electron chi connectivity index (χ3n) is 2.93. The highest BCUT2D eigenvalue weighted by atomic mass is 35.5. The number of carboxylic acids is 1. The number of amides is 1. The first-order valence-corrected chi connectivity index (χ1v) is 6.45. The zero-order valence-corrected chi connectivity index (χ0v) is 12.5. The van der Waals surface area contributed by atoms with Gasteiger partial charge in [-0.05, 0) is 31.5 Å². The van der Waals surface area contributed by atoms with Gasteiger partial charge in [-0.15, -0.1) is 0 Å². The molecule has 0 fully saturated rings. The minimum absolute atomic E-state index is 0.102. The van der Waals surface area contributed by atoms with Gasteiger partial charge in [-0.25, -0.2) is 0 Å². The maximum atomic E-state index is 12.3. The van der Waals surface area contributed by atoms with Crippen LogP contribution in [0.2, 0.25) is 5.02 Å². The molecule has 0 aliphatic carbocycles. The van der Waals surface area contributed by atoms with E-state index in [9.17, 15) is 9.59 Å². The third-order valence-corrected chi connectivity index (χ3v) is 3.34. The number of hydrogen-bond acceptors (Lipinski definition) is 3. The molecule has 0 saturated heterocycles. The fourth-order valence-electron chi connectivity index (χ4n) is 1.98. The molecule has 110 valence electrons. The number of hydrogen-bond donors (Lipinski definition) is 2. The van der Waals surface area contributed by atoms with Crippen LogP contribution >= 0.6 is 11.6 Å². The number of carbonyl (C=O) groups excluding carboxylic acids is 1. The molecule has 1 aromatic carbocycles. The van der Waals surface area contributed by atoms with Gasteiger partial charge in [0.05, 0.1) is 18.6 Å². The first-order chi connectivity index (χ1) is 9.29. The summed E-state index contributed by atoms with van der Waals surface area (Å²) in [5.41, 5.74) is 0.0962. The highest BCUT2D eigenvalue weighted by Gasteiger charge is 2.30. The van der Waals surface area contributed by atoms with Gasteiger partial charge < -0.3 is 15.2 Å². The van der Waals surface area contributed by atoms with Crippen molar-refractivity contribution >= 4 is 23.5 Å². The van der Waals surface area contributed by atoms with E-state index in [1.165, 1.54) is 7.11 Å². The predicted octanol–water partition coefficient (Wildman–Crippen LogP) is 2.26. The Morgan fingerprint density at radius 1 is 1.45 bits per heavy atom. The van der Waals surface area contributed by atoms with Crippen molar-refractivity contribution in [3.8, 4) is 0 Å². The van der Waals surface area contributed by atoms with Gasteiger partial charge in [-0.1, -0.05) is 17.7 Å². The molecule has 5 nitrogen and oxygen atoms in total. The summed E-state index contributed by atoms with van der Waals surface area (Å²) in [6.45, 7) is 3.47. The first kappa shape index (κ1) is 16.5. The summed E-state index contributed by atoms with van der Waals surface area (Å²) in [5.74, 6) is -1.38. The van der Waals surface area contributed by atoms with Crippen LogP contribution in [0.4, 0.5) is 0 Å². The lowest BCUT2D eigenvalue weighted by molar-refractivity contribution is -0.139. The molecule has 0 aliphatic heterocycles. The van der Waals surface area contributed by atoms with Crippen LogP contribution in [0, 0.1) is 6.92 Å². The average Bonchev–Trinajstić information content (AvgIpc) is 2.31. The SMILES string of the molecule is COCC(C)(CC(=O)O)NC(=O)c1cccc(Cl)c1C. The van der Waals surface area contributed by atoms with E-state index < -0.39 is 11.5 Å². The summed E-state index contributed by atoms with van der Waals surface area (Å²) in [6, 6.07) is 5.01. The van der Waals surface area contributed by atoms with Crippen LogP contribution in [0.3, 0.4) is 0 Å². The molecule has 2 N–H and O–H groups in total. The Kier molecular flexibility index (Phi) is 5.53. The highest BCUT2D eigenvalue weighted by Crippen LogP contribution is 2.20. The molecule has 6 heteroatoms. The Hall–Kier alpha value is -1.59. The quantitative estimate of drug-likeness (QED) is 0.845. The zero-order chi connectivity index (χ0) is 15.3. The largest absolute Gasteiger partial charge is 0.481 e. The molecule has 0 aromatic heterocycles. The number of rotatable bonds is 6. The smallest absolute Gasteiger partial charge is 0.305 e. The Balaban J connectivity index is 2.96.